The first kappa shape index (κ1) is 12.6. The van der Waals surface area contributed by atoms with Crippen LogP contribution < -0.4 is 0 Å². The van der Waals surface area contributed by atoms with Gasteiger partial charge < -0.3 is 10.2 Å². The molecular formula is C11H14BrFO2. The van der Waals surface area contributed by atoms with Crippen molar-refractivity contribution in [1.29, 1.82) is 0 Å². The maximum Gasteiger partial charge on any atom is 0.127 e. The molecule has 0 aromatic heterocycles. The van der Waals surface area contributed by atoms with Crippen LogP contribution in [0, 0.1) is 5.82 Å². The van der Waals surface area contributed by atoms with E-state index in [1.165, 1.54) is 6.07 Å². The Morgan fingerprint density at radius 1 is 1.40 bits per heavy atom. The highest BCUT2D eigenvalue weighted by atomic mass is 79.9. The molecule has 0 aliphatic carbocycles. The van der Waals surface area contributed by atoms with Crippen LogP contribution in [0.3, 0.4) is 0 Å². The second kappa shape index (κ2) is 6.20. The van der Waals surface area contributed by atoms with Gasteiger partial charge in [0.2, 0.25) is 0 Å². The molecule has 0 bridgehead atoms. The Kier molecular flexibility index (Phi) is 5.22. The smallest absolute Gasteiger partial charge is 0.127 e. The molecule has 1 unspecified atom stereocenters. The van der Waals surface area contributed by atoms with E-state index in [0.717, 1.165) is 0 Å². The molecule has 1 aromatic carbocycles. The Balaban J connectivity index is 2.56. The highest BCUT2D eigenvalue weighted by molar-refractivity contribution is 9.10. The summed E-state index contributed by atoms with van der Waals surface area (Å²) in [6, 6.07) is 4.78. The molecule has 1 aromatic rings. The summed E-state index contributed by atoms with van der Waals surface area (Å²) >= 11 is 3.17. The second-order valence-corrected chi connectivity index (χ2v) is 4.38. The van der Waals surface area contributed by atoms with Gasteiger partial charge in [0.15, 0.2) is 0 Å². The van der Waals surface area contributed by atoms with Gasteiger partial charge in [0.25, 0.3) is 0 Å². The molecular weight excluding hydrogens is 263 g/mol. The SMILES string of the molecule is OCCCC(O)Cc1ccc(Br)cc1F. The van der Waals surface area contributed by atoms with Crippen LogP contribution >= 0.6 is 15.9 Å². The van der Waals surface area contributed by atoms with E-state index in [-0.39, 0.29) is 12.4 Å². The van der Waals surface area contributed by atoms with Gasteiger partial charge >= 0.3 is 0 Å². The molecule has 2 nitrogen and oxygen atoms in total. The number of benzene rings is 1. The molecule has 0 aliphatic heterocycles. The lowest BCUT2D eigenvalue weighted by molar-refractivity contribution is 0.149. The molecule has 0 fully saturated rings. The van der Waals surface area contributed by atoms with Gasteiger partial charge in [-0.2, -0.15) is 0 Å². The maximum atomic E-state index is 13.3. The molecule has 1 atom stereocenters. The van der Waals surface area contributed by atoms with E-state index < -0.39 is 6.10 Å². The summed E-state index contributed by atoms with van der Waals surface area (Å²) in [6.07, 6.45) is 0.734. The zero-order valence-electron chi connectivity index (χ0n) is 8.29. The predicted octanol–water partition coefficient (Wildman–Crippen LogP) is 2.26. The monoisotopic (exact) mass is 276 g/mol. The molecule has 15 heavy (non-hydrogen) atoms. The Labute approximate surface area is 96.9 Å². The average Bonchev–Trinajstić information content (AvgIpc) is 2.19. The molecule has 0 amide bonds. The standard InChI is InChI=1S/C11H14BrFO2/c12-9-4-3-8(11(13)7-9)6-10(15)2-1-5-14/h3-4,7,10,14-15H,1-2,5-6H2. The van der Waals surface area contributed by atoms with Crippen LogP contribution in [0.15, 0.2) is 22.7 Å². The number of hydrogen-bond donors (Lipinski definition) is 2. The van der Waals surface area contributed by atoms with Gasteiger partial charge in [-0.15, -0.1) is 0 Å². The number of halogens is 2. The van der Waals surface area contributed by atoms with Crippen molar-refractivity contribution in [3.8, 4) is 0 Å². The minimum atomic E-state index is -0.590. The molecule has 0 aliphatic rings. The summed E-state index contributed by atoms with van der Waals surface area (Å²) in [4.78, 5) is 0. The van der Waals surface area contributed by atoms with Crippen molar-refractivity contribution in [2.24, 2.45) is 0 Å². The van der Waals surface area contributed by atoms with Crippen molar-refractivity contribution in [3.05, 3.63) is 34.1 Å². The fourth-order valence-electron chi connectivity index (χ4n) is 1.37. The summed E-state index contributed by atoms with van der Waals surface area (Å²) in [6.45, 7) is 0.0554. The average molecular weight is 277 g/mol. The van der Waals surface area contributed by atoms with E-state index in [4.69, 9.17) is 5.11 Å². The van der Waals surface area contributed by atoms with E-state index in [1.807, 2.05) is 0 Å². The molecule has 0 spiro atoms. The normalized spacial score (nSPS) is 12.8. The first-order chi connectivity index (χ1) is 7.13. The lowest BCUT2D eigenvalue weighted by Crippen LogP contribution is -2.12. The van der Waals surface area contributed by atoms with Gasteiger partial charge in [0.1, 0.15) is 5.82 Å². The lowest BCUT2D eigenvalue weighted by atomic mass is 10.0. The van der Waals surface area contributed by atoms with E-state index >= 15 is 0 Å². The van der Waals surface area contributed by atoms with Crippen molar-refractivity contribution < 1.29 is 14.6 Å². The minimum absolute atomic E-state index is 0.0554. The molecule has 0 saturated carbocycles. The van der Waals surface area contributed by atoms with Crippen LogP contribution in [0.25, 0.3) is 0 Å². The zero-order valence-corrected chi connectivity index (χ0v) is 9.87. The first-order valence-corrected chi connectivity index (χ1v) is 5.65. The predicted molar refractivity (Wildman–Crippen MR) is 60.1 cm³/mol. The van der Waals surface area contributed by atoms with E-state index in [2.05, 4.69) is 15.9 Å². The third-order valence-electron chi connectivity index (χ3n) is 2.17. The van der Waals surface area contributed by atoms with Gasteiger partial charge in [-0.1, -0.05) is 22.0 Å². The lowest BCUT2D eigenvalue weighted by Gasteiger charge is -2.10. The van der Waals surface area contributed by atoms with E-state index in [0.29, 0.717) is 29.3 Å². The van der Waals surface area contributed by atoms with Crippen LogP contribution in [0.5, 0.6) is 0 Å². The number of hydrogen-bond acceptors (Lipinski definition) is 2. The summed E-state index contributed by atoms with van der Waals surface area (Å²) in [7, 11) is 0. The van der Waals surface area contributed by atoms with Gasteiger partial charge in [0, 0.05) is 17.5 Å². The summed E-state index contributed by atoms with van der Waals surface area (Å²) in [5.41, 5.74) is 0.503. The molecule has 2 N–H and O–H groups in total. The van der Waals surface area contributed by atoms with Crippen molar-refractivity contribution in [2.45, 2.75) is 25.4 Å². The van der Waals surface area contributed by atoms with Crippen LogP contribution in [0.2, 0.25) is 0 Å². The maximum absolute atomic E-state index is 13.3. The molecule has 0 heterocycles. The summed E-state index contributed by atoms with van der Waals surface area (Å²) in [5, 5.41) is 18.1. The van der Waals surface area contributed by atoms with Gasteiger partial charge in [-0.3, -0.25) is 0 Å². The van der Waals surface area contributed by atoms with Gasteiger partial charge in [-0.05, 0) is 30.5 Å². The Bertz CT molecular complexity index is 317. The molecule has 1 rings (SSSR count). The molecule has 0 radical (unpaired) electrons. The Morgan fingerprint density at radius 3 is 2.73 bits per heavy atom. The zero-order chi connectivity index (χ0) is 11.3. The van der Waals surface area contributed by atoms with Crippen LogP contribution in [0.4, 0.5) is 4.39 Å². The fourth-order valence-corrected chi connectivity index (χ4v) is 1.70. The quantitative estimate of drug-likeness (QED) is 0.866. The third kappa shape index (κ3) is 4.28. The summed E-state index contributed by atoms with van der Waals surface area (Å²) < 4.78 is 14.0. The van der Waals surface area contributed by atoms with Crippen molar-refractivity contribution in [3.63, 3.8) is 0 Å². The first-order valence-electron chi connectivity index (χ1n) is 4.86. The number of aliphatic hydroxyl groups excluding tert-OH is 2. The topological polar surface area (TPSA) is 40.5 Å². The molecule has 84 valence electrons. The number of rotatable bonds is 5. The van der Waals surface area contributed by atoms with Crippen LogP contribution in [-0.2, 0) is 6.42 Å². The van der Waals surface area contributed by atoms with Gasteiger partial charge in [-0.25, -0.2) is 4.39 Å². The highest BCUT2D eigenvalue weighted by Crippen LogP contribution is 2.17. The summed E-state index contributed by atoms with van der Waals surface area (Å²) in [5.74, 6) is -0.313. The Morgan fingerprint density at radius 2 is 2.13 bits per heavy atom. The number of aliphatic hydroxyl groups is 2. The second-order valence-electron chi connectivity index (χ2n) is 3.46. The van der Waals surface area contributed by atoms with E-state index in [1.54, 1.807) is 12.1 Å². The Hall–Kier alpha value is -0.450. The fraction of sp³-hybridized carbons (Fsp3) is 0.455. The van der Waals surface area contributed by atoms with Gasteiger partial charge in [0.05, 0.1) is 6.10 Å². The van der Waals surface area contributed by atoms with Crippen LogP contribution in [-0.4, -0.2) is 22.9 Å². The van der Waals surface area contributed by atoms with Crippen molar-refractivity contribution in [1.82, 2.24) is 0 Å². The third-order valence-corrected chi connectivity index (χ3v) is 2.66. The molecule has 4 heteroatoms. The van der Waals surface area contributed by atoms with Crippen LogP contribution in [0.1, 0.15) is 18.4 Å². The van der Waals surface area contributed by atoms with Crippen molar-refractivity contribution >= 4 is 15.9 Å². The molecule has 0 saturated heterocycles. The largest absolute Gasteiger partial charge is 0.396 e. The van der Waals surface area contributed by atoms with Crippen molar-refractivity contribution in [2.75, 3.05) is 6.61 Å². The highest BCUT2D eigenvalue weighted by Gasteiger charge is 2.09. The van der Waals surface area contributed by atoms with E-state index in [9.17, 15) is 9.50 Å². The minimum Gasteiger partial charge on any atom is -0.396 e.